The normalized spacial score (nSPS) is 14.2. The third-order valence-corrected chi connectivity index (χ3v) is 5.51. The minimum Gasteiger partial charge on any atom is -0.379 e. The van der Waals surface area contributed by atoms with Crippen molar-refractivity contribution in [3.8, 4) is 11.4 Å². The lowest BCUT2D eigenvalue weighted by molar-refractivity contribution is 0.0383. The number of hydrogen-bond donors (Lipinski definition) is 2. The fraction of sp³-hybridized carbons (Fsp3) is 0.304. The number of rotatable bonds is 7. The molecule has 4 rings (SSSR count). The highest BCUT2D eigenvalue weighted by atomic mass is 35.5. The molecule has 1 aliphatic heterocycles. The number of ether oxygens (including phenoxy) is 1. The van der Waals surface area contributed by atoms with E-state index >= 15 is 0 Å². The predicted octanol–water partition coefficient (Wildman–Crippen LogP) is 3.45. The van der Waals surface area contributed by atoms with Gasteiger partial charge in [-0.15, -0.1) is 0 Å². The van der Waals surface area contributed by atoms with Crippen LogP contribution in [0.2, 0.25) is 5.02 Å². The number of anilines is 2. The van der Waals surface area contributed by atoms with Crippen LogP contribution < -0.4 is 10.6 Å². The molecule has 0 bridgehead atoms. The molecule has 0 aliphatic carbocycles. The van der Waals surface area contributed by atoms with E-state index in [1.807, 2.05) is 6.92 Å². The summed E-state index contributed by atoms with van der Waals surface area (Å²) in [6, 6.07) is 5.91. The first-order valence-corrected chi connectivity index (χ1v) is 11.0. The van der Waals surface area contributed by atoms with Crippen LogP contribution >= 0.6 is 11.6 Å². The first-order valence-electron chi connectivity index (χ1n) is 10.6. The summed E-state index contributed by atoms with van der Waals surface area (Å²) in [5, 5.41) is 6.50. The van der Waals surface area contributed by atoms with Crippen LogP contribution in [0.1, 0.15) is 15.9 Å². The number of halogens is 2. The quantitative estimate of drug-likeness (QED) is 0.546. The van der Waals surface area contributed by atoms with E-state index in [2.05, 4.69) is 30.5 Å². The molecule has 3 aromatic rings. The number of morpholine rings is 1. The Balaban J connectivity index is 1.50. The maximum absolute atomic E-state index is 14.3. The topological polar surface area (TPSA) is 92.3 Å². The number of carbonyl (C=O) groups is 1. The second kappa shape index (κ2) is 10.7. The summed E-state index contributed by atoms with van der Waals surface area (Å²) < 4.78 is 19.7. The molecule has 8 nitrogen and oxygen atoms in total. The van der Waals surface area contributed by atoms with Crippen LogP contribution in [0.25, 0.3) is 11.4 Å². The average molecular weight is 471 g/mol. The first kappa shape index (κ1) is 23.0. The largest absolute Gasteiger partial charge is 0.379 e. The van der Waals surface area contributed by atoms with Crippen LogP contribution in [-0.2, 0) is 4.74 Å². The third-order valence-electron chi connectivity index (χ3n) is 5.28. The number of benzene rings is 1. The zero-order chi connectivity index (χ0) is 23.2. The zero-order valence-electron chi connectivity index (χ0n) is 18.1. The number of carbonyl (C=O) groups excluding carboxylic acids is 1. The van der Waals surface area contributed by atoms with Gasteiger partial charge in [-0.05, 0) is 31.2 Å². The Morgan fingerprint density at radius 3 is 2.88 bits per heavy atom. The summed E-state index contributed by atoms with van der Waals surface area (Å²) in [5.74, 6) is -0.0771. The van der Waals surface area contributed by atoms with Gasteiger partial charge in [0.15, 0.2) is 5.82 Å². The highest BCUT2D eigenvalue weighted by molar-refractivity contribution is 6.30. The van der Waals surface area contributed by atoms with Gasteiger partial charge in [0.05, 0.1) is 30.0 Å². The van der Waals surface area contributed by atoms with E-state index in [-0.39, 0.29) is 17.3 Å². The lowest BCUT2D eigenvalue weighted by Gasteiger charge is -2.26. The van der Waals surface area contributed by atoms with Crippen molar-refractivity contribution in [3.63, 3.8) is 0 Å². The van der Waals surface area contributed by atoms with Crippen molar-refractivity contribution < 1.29 is 13.9 Å². The van der Waals surface area contributed by atoms with Gasteiger partial charge in [-0.25, -0.2) is 14.4 Å². The molecule has 172 valence electrons. The predicted molar refractivity (Wildman–Crippen MR) is 124 cm³/mol. The first-order chi connectivity index (χ1) is 16.0. The Morgan fingerprint density at radius 1 is 1.24 bits per heavy atom. The lowest BCUT2D eigenvalue weighted by Crippen LogP contribution is -2.41. The van der Waals surface area contributed by atoms with Crippen LogP contribution in [0.4, 0.5) is 15.9 Å². The van der Waals surface area contributed by atoms with Crippen molar-refractivity contribution >= 4 is 29.0 Å². The summed E-state index contributed by atoms with van der Waals surface area (Å²) in [4.78, 5) is 27.9. The minimum absolute atomic E-state index is 0.189. The molecule has 0 radical (unpaired) electrons. The molecular weight excluding hydrogens is 447 g/mol. The molecular formula is C23H24ClFN6O2. The number of nitrogens with one attached hydrogen (secondary N) is 2. The lowest BCUT2D eigenvalue weighted by atomic mass is 10.2. The van der Waals surface area contributed by atoms with Gasteiger partial charge in [-0.2, -0.15) is 0 Å². The number of amides is 1. The molecule has 0 spiro atoms. The van der Waals surface area contributed by atoms with Crippen LogP contribution in [-0.4, -0.2) is 65.2 Å². The average Bonchev–Trinajstić information content (AvgIpc) is 2.83. The third kappa shape index (κ3) is 5.81. The van der Waals surface area contributed by atoms with Gasteiger partial charge in [-0.3, -0.25) is 14.7 Å². The number of aromatic nitrogens is 3. The van der Waals surface area contributed by atoms with Gasteiger partial charge < -0.3 is 15.4 Å². The van der Waals surface area contributed by atoms with Gasteiger partial charge >= 0.3 is 0 Å². The van der Waals surface area contributed by atoms with E-state index in [0.717, 1.165) is 25.2 Å². The molecule has 1 aliphatic rings. The summed E-state index contributed by atoms with van der Waals surface area (Å²) >= 11 is 6.02. The second-order valence-electron chi connectivity index (χ2n) is 7.61. The van der Waals surface area contributed by atoms with E-state index in [9.17, 15) is 9.18 Å². The molecule has 1 saturated heterocycles. The van der Waals surface area contributed by atoms with E-state index in [1.54, 1.807) is 18.5 Å². The smallest absolute Gasteiger partial charge is 0.255 e. The van der Waals surface area contributed by atoms with Crippen molar-refractivity contribution in [2.45, 2.75) is 6.92 Å². The van der Waals surface area contributed by atoms with E-state index in [4.69, 9.17) is 16.3 Å². The molecule has 0 unspecified atom stereocenters. The number of aryl methyl sites for hydroxylation is 1. The van der Waals surface area contributed by atoms with Crippen LogP contribution in [0.15, 0.2) is 42.9 Å². The molecule has 1 aromatic carbocycles. The van der Waals surface area contributed by atoms with Crippen molar-refractivity contribution in [2.75, 3.05) is 44.7 Å². The van der Waals surface area contributed by atoms with E-state index in [0.29, 0.717) is 41.8 Å². The molecule has 10 heteroatoms. The Bertz CT molecular complexity index is 1140. The highest BCUT2D eigenvalue weighted by Crippen LogP contribution is 2.27. The zero-order valence-corrected chi connectivity index (χ0v) is 18.9. The highest BCUT2D eigenvalue weighted by Gasteiger charge is 2.16. The van der Waals surface area contributed by atoms with E-state index in [1.165, 1.54) is 24.4 Å². The van der Waals surface area contributed by atoms with Gasteiger partial charge in [0.1, 0.15) is 11.6 Å². The van der Waals surface area contributed by atoms with Gasteiger partial charge in [-0.1, -0.05) is 11.6 Å². The number of pyridine rings is 1. The Hall–Kier alpha value is -3.14. The molecule has 1 amide bonds. The molecule has 2 aromatic heterocycles. The van der Waals surface area contributed by atoms with Crippen molar-refractivity contribution in [3.05, 3.63) is 64.8 Å². The van der Waals surface area contributed by atoms with Gasteiger partial charge in [0, 0.05) is 55.4 Å². The second-order valence-corrected chi connectivity index (χ2v) is 8.04. The standard InChI is InChI=1S/C23H24ClFN6O2/c1-15-13-28-22(17-12-16(24)2-3-19(17)25)30-21(15)29-20-4-5-26-14-18(20)23(32)27-6-7-31-8-10-33-11-9-31/h2-5,12-14H,6-11H2,1H3,(H,27,32)(H,26,28,29,30). The summed E-state index contributed by atoms with van der Waals surface area (Å²) in [5.41, 5.74) is 1.85. The van der Waals surface area contributed by atoms with Crippen molar-refractivity contribution in [1.29, 1.82) is 0 Å². The van der Waals surface area contributed by atoms with E-state index < -0.39 is 5.82 Å². The van der Waals surface area contributed by atoms with Crippen LogP contribution in [0, 0.1) is 12.7 Å². The van der Waals surface area contributed by atoms with Crippen LogP contribution in [0.5, 0.6) is 0 Å². The Labute approximate surface area is 196 Å². The number of nitrogens with zero attached hydrogens (tertiary/aromatic N) is 4. The fourth-order valence-electron chi connectivity index (χ4n) is 3.43. The Kier molecular flexibility index (Phi) is 7.43. The molecule has 3 heterocycles. The molecule has 2 N–H and O–H groups in total. The SMILES string of the molecule is Cc1cnc(-c2cc(Cl)ccc2F)nc1Nc1ccncc1C(=O)NCCN1CCOCC1. The van der Waals surface area contributed by atoms with Gasteiger partial charge in [0.2, 0.25) is 0 Å². The van der Waals surface area contributed by atoms with Crippen LogP contribution in [0.3, 0.4) is 0 Å². The molecule has 33 heavy (non-hydrogen) atoms. The maximum atomic E-state index is 14.3. The minimum atomic E-state index is -0.474. The van der Waals surface area contributed by atoms with Gasteiger partial charge in [0.25, 0.3) is 5.91 Å². The summed E-state index contributed by atoms with van der Waals surface area (Å²) in [6.07, 6.45) is 4.68. The maximum Gasteiger partial charge on any atom is 0.255 e. The molecule has 0 atom stereocenters. The van der Waals surface area contributed by atoms with Crippen molar-refractivity contribution in [2.24, 2.45) is 0 Å². The Morgan fingerprint density at radius 2 is 2.06 bits per heavy atom. The monoisotopic (exact) mass is 470 g/mol. The summed E-state index contributed by atoms with van der Waals surface area (Å²) in [6.45, 7) is 6.23. The van der Waals surface area contributed by atoms with Crippen molar-refractivity contribution in [1.82, 2.24) is 25.2 Å². The number of hydrogen-bond acceptors (Lipinski definition) is 7. The molecule has 1 fully saturated rings. The summed E-state index contributed by atoms with van der Waals surface area (Å²) in [7, 11) is 0. The fourth-order valence-corrected chi connectivity index (χ4v) is 3.60. The molecule has 0 saturated carbocycles.